The van der Waals surface area contributed by atoms with Crippen molar-refractivity contribution >= 4 is 28.1 Å². The van der Waals surface area contributed by atoms with Crippen LogP contribution < -0.4 is 0 Å². The molecule has 0 aromatic heterocycles. The fourth-order valence-electron chi connectivity index (χ4n) is 1.93. The summed E-state index contributed by atoms with van der Waals surface area (Å²) in [6.45, 7) is 7.10. The molecule has 2 heteroatoms. The second kappa shape index (κ2) is 4.50. The maximum atomic E-state index is 3.11. The van der Waals surface area contributed by atoms with E-state index in [0.717, 1.165) is 0 Å². The first-order valence-electron chi connectivity index (χ1n) is 4.75. The van der Waals surface area contributed by atoms with Crippen LogP contribution in [0.5, 0.6) is 0 Å². The maximum absolute atomic E-state index is 3.11. The summed E-state index contributed by atoms with van der Waals surface area (Å²) < 4.78 is 0. The van der Waals surface area contributed by atoms with Gasteiger partial charge in [0, 0.05) is 0 Å². The first kappa shape index (κ1) is 13.0. The number of hydrogen-bond acceptors (Lipinski definition) is 0. The fraction of sp³-hybridized carbons (Fsp3) is 1.00. The van der Waals surface area contributed by atoms with Crippen LogP contribution >= 0.6 is 9.24 Å². The molecule has 0 amide bonds. The van der Waals surface area contributed by atoms with Crippen molar-refractivity contribution in [1.82, 2.24) is 0 Å². The Morgan fingerprint density at radius 2 is 1.42 bits per heavy atom. The molecule has 0 saturated heterocycles. The zero-order valence-electron chi connectivity index (χ0n) is 8.11. The summed E-state index contributed by atoms with van der Waals surface area (Å²) in [5.41, 5.74) is 0.470. The van der Waals surface area contributed by atoms with Gasteiger partial charge in [-0.25, -0.2) is 0 Å². The van der Waals surface area contributed by atoms with Crippen molar-refractivity contribution in [1.29, 1.82) is 0 Å². The standard InChI is InChI=1S/C10H21P.Li.H/c1-9(2,3)10(11)7-5-4-6-8-10;;/h4-8,11H2,1-3H3;;. The van der Waals surface area contributed by atoms with Gasteiger partial charge in [0.05, 0.1) is 0 Å². The zero-order valence-corrected chi connectivity index (χ0v) is 9.27. The van der Waals surface area contributed by atoms with Crippen molar-refractivity contribution in [2.24, 2.45) is 5.41 Å². The Kier molecular flexibility index (Phi) is 4.89. The minimum atomic E-state index is 0. The van der Waals surface area contributed by atoms with Crippen molar-refractivity contribution in [2.45, 2.75) is 58.0 Å². The van der Waals surface area contributed by atoms with Crippen LogP contribution in [0.2, 0.25) is 0 Å². The van der Waals surface area contributed by atoms with Crippen molar-refractivity contribution in [3.8, 4) is 0 Å². The van der Waals surface area contributed by atoms with E-state index in [2.05, 4.69) is 30.0 Å². The van der Waals surface area contributed by atoms with Crippen molar-refractivity contribution < 1.29 is 0 Å². The number of hydrogen-bond donors (Lipinski definition) is 0. The molecule has 0 aromatic rings. The van der Waals surface area contributed by atoms with E-state index >= 15 is 0 Å². The summed E-state index contributed by atoms with van der Waals surface area (Å²) in [6, 6.07) is 0. The molecule has 1 aliphatic carbocycles. The van der Waals surface area contributed by atoms with Crippen molar-refractivity contribution in [3.05, 3.63) is 0 Å². The van der Waals surface area contributed by atoms with E-state index in [-0.39, 0.29) is 18.9 Å². The molecule has 0 radical (unpaired) electrons. The van der Waals surface area contributed by atoms with E-state index in [4.69, 9.17) is 0 Å². The molecule has 0 bridgehead atoms. The Bertz CT molecular complexity index is 131. The number of rotatable bonds is 0. The van der Waals surface area contributed by atoms with Gasteiger partial charge in [0.25, 0.3) is 0 Å². The van der Waals surface area contributed by atoms with Gasteiger partial charge in [-0.3, -0.25) is 0 Å². The van der Waals surface area contributed by atoms with E-state index < -0.39 is 0 Å². The molecule has 12 heavy (non-hydrogen) atoms. The Hall–Kier alpha value is 1.03. The minimum absolute atomic E-state index is 0. The summed E-state index contributed by atoms with van der Waals surface area (Å²) >= 11 is 0. The van der Waals surface area contributed by atoms with Crippen molar-refractivity contribution in [3.63, 3.8) is 0 Å². The molecule has 0 aliphatic heterocycles. The van der Waals surface area contributed by atoms with Gasteiger partial charge in [0.1, 0.15) is 0 Å². The molecule has 0 heterocycles. The molecule has 1 unspecified atom stereocenters. The monoisotopic (exact) mass is 180 g/mol. The quantitative estimate of drug-likeness (QED) is 0.397. The van der Waals surface area contributed by atoms with Gasteiger partial charge in [-0.15, -0.1) is 9.24 Å². The molecule has 1 atom stereocenters. The first-order valence-corrected chi connectivity index (χ1v) is 5.32. The predicted octanol–water partition coefficient (Wildman–Crippen LogP) is 2.96. The normalized spacial score (nSPS) is 23.0. The van der Waals surface area contributed by atoms with Crippen LogP contribution in [0.15, 0.2) is 0 Å². The summed E-state index contributed by atoms with van der Waals surface area (Å²) in [7, 11) is 3.11. The Morgan fingerprint density at radius 3 is 1.67 bits per heavy atom. The van der Waals surface area contributed by atoms with Crippen LogP contribution in [0.4, 0.5) is 0 Å². The Morgan fingerprint density at radius 1 is 1.00 bits per heavy atom. The van der Waals surface area contributed by atoms with Crippen LogP contribution in [0.25, 0.3) is 0 Å². The first-order chi connectivity index (χ1) is 4.96. The van der Waals surface area contributed by atoms with Crippen LogP contribution in [0.1, 0.15) is 52.9 Å². The van der Waals surface area contributed by atoms with Crippen molar-refractivity contribution in [2.75, 3.05) is 0 Å². The fourth-order valence-corrected chi connectivity index (χ4v) is 2.34. The predicted molar refractivity (Wildman–Crippen MR) is 62.1 cm³/mol. The second-order valence-electron chi connectivity index (χ2n) is 4.97. The third-order valence-corrected chi connectivity index (χ3v) is 4.68. The molecule has 1 fully saturated rings. The molecular formula is C10H22LiP. The van der Waals surface area contributed by atoms with Gasteiger partial charge < -0.3 is 0 Å². The second-order valence-corrected chi connectivity index (χ2v) is 6.07. The van der Waals surface area contributed by atoms with Gasteiger partial charge in [-0.2, -0.15) is 0 Å². The molecule has 0 N–H and O–H groups in total. The van der Waals surface area contributed by atoms with Gasteiger partial charge in [0.2, 0.25) is 0 Å². The van der Waals surface area contributed by atoms with E-state index in [9.17, 15) is 0 Å². The third kappa shape index (κ3) is 2.76. The summed E-state index contributed by atoms with van der Waals surface area (Å²) in [6.07, 6.45) is 7.12. The van der Waals surface area contributed by atoms with Gasteiger partial charge in [-0.1, -0.05) is 40.0 Å². The summed E-state index contributed by atoms with van der Waals surface area (Å²) in [4.78, 5) is 0. The molecule has 0 spiro atoms. The molecule has 1 saturated carbocycles. The third-order valence-electron chi connectivity index (χ3n) is 3.24. The van der Waals surface area contributed by atoms with Crippen LogP contribution in [0, 0.1) is 5.41 Å². The molecule has 68 valence electrons. The average Bonchev–Trinajstić information content (AvgIpc) is 1.87. The molecule has 0 aromatic carbocycles. The van der Waals surface area contributed by atoms with Gasteiger partial charge in [0.15, 0.2) is 0 Å². The van der Waals surface area contributed by atoms with Crippen LogP contribution in [-0.4, -0.2) is 24.0 Å². The SMILES string of the molecule is CC(C)(C)C1(P)CCCCC1.[LiH]. The summed E-state index contributed by atoms with van der Waals surface area (Å²) in [5.74, 6) is 0. The van der Waals surface area contributed by atoms with E-state index in [1.54, 1.807) is 0 Å². The molecular weight excluding hydrogens is 158 g/mol. The molecule has 0 nitrogen and oxygen atoms in total. The molecule has 1 aliphatic rings. The van der Waals surface area contributed by atoms with E-state index in [1.807, 2.05) is 0 Å². The summed E-state index contributed by atoms with van der Waals surface area (Å²) in [5, 5.41) is 0.533. The topological polar surface area (TPSA) is 0 Å². The van der Waals surface area contributed by atoms with E-state index in [0.29, 0.717) is 10.6 Å². The Labute approximate surface area is 91.6 Å². The van der Waals surface area contributed by atoms with E-state index in [1.165, 1.54) is 32.1 Å². The van der Waals surface area contributed by atoms with Crippen LogP contribution in [-0.2, 0) is 0 Å². The van der Waals surface area contributed by atoms with Crippen LogP contribution in [0.3, 0.4) is 0 Å². The Balaban J connectivity index is 0.00000121. The molecule has 1 rings (SSSR count). The van der Waals surface area contributed by atoms with Gasteiger partial charge >= 0.3 is 18.9 Å². The zero-order chi connectivity index (χ0) is 8.54. The van der Waals surface area contributed by atoms with Gasteiger partial charge in [-0.05, 0) is 23.4 Å². The average molecular weight is 180 g/mol.